The topological polar surface area (TPSA) is 66.7 Å². The number of aryl methyl sites for hydroxylation is 1. The van der Waals surface area contributed by atoms with E-state index in [2.05, 4.69) is 4.90 Å². The smallest absolute Gasteiger partial charge is 0.271 e. The van der Waals surface area contributed by atoms with E-state index in [0.29, 0.717) is 36.8 Å². The number of hydrogen-bond acceptors (Lipinski definition) is 4. The molecule has 0 aliphatic carbocycles. The van der Waals surface area contributed by atoms with Gasteiger partial charge in [0.05, 0.1) is 15.6 Å². The van der Waals surface area contributed by atoms with Gasteiger partial charge < -0.3 is 9.80 Å². The Balaban J connectivity index is 1.73. The van der Waals surface area contributed by atoms with Crippen LogP contribution in [0, 0.1) is 17.0 Å². The number of anilines is 1. The molecular weight excluding hydrogens is 342 g/mol. The predicted octanol–water partition coefficient (Wildman–Crippen LogP) is 3.52. The van der Waals surface area contributed by atoms with Crippen molar-refractivity contribution in [1.82, 2.24) is 4.90 Å². The Bertz CT molecular complexity index is 779. The van der Waals surface area contributed by atoms with Crippen molar-refractivity contribution in [2.24, 2.45) is 0 Å². The number of benzene rings is 2. The predicted molar refractivity (Wildman–Crippen MR) is 97.4 cm³/mol. The van der Waals surface area contributed by atoms with Crippen LogP contribution in [0.3, 0.4) is 0 Å². The van der Waals surface area contributed by atoms with Crippen LogP contribution >= 0.6 is 11.6 Å². The van der Waals surface area contributed by atoms with Crippen LogP contribution < -0.4 is 4.90 Å². The van der Waals surface area contributed by atoms with Gasteiger partial charge in [-0.2, -0.15) is 0 Å². The average molecular weight is 360 g/mol. The summed E-state index contributed by atoms with van der Waals surface area (Å²) in [6.07, 6.45) is 0. The molecule has 1 fully saturated rings. The van der Waals surface area contributed by atoms with Crippen molar-refractivity contribution in [3.63, 3.8) is 0 Å². The minimum absolute atomic E-state index is 0.0101. The zero-order valence-electron chi connectivity index (χ0n) is 13.8. The van der Waals surface area contributed by atoms with Crippen LogP contribution in [0.15, 0.2) is 42.5 Å². The number of carbonyl (C=O) groups excluding carboxylic acids is 1. The van der Waals surface area contributed by atoms with Gasteiger partial charge in [0.25, 0.3) is 11.6 Å². The van der Waals surface area contributed by atoms with Gasteiger partial charge in [-0.15, -0.1) is 0 Å². The lowest BCUT2D eigenvalue weighted by Crippen LogP contribution is -2.49. The van der Waals surface area contributed by atoms with Gasteiger partial charge in [0, 0.05) is 43.9 Å². The third-order valence-electron chi connectivity index (χ3n) is 4.35. The van der Waals surface area contributed by atoms with Crippen molar-refractivity contribution in [2.45, 2.75) is 6.92 Å². The average Bonchev–Trinajstić information content (AvgIpc) is 2.61. The molecule has 0 radical (unpaired) electrons. The number of nitro groups is 1. The molecule has 0 spiro atoms. The summed E-state index contributed by atoms with van der Waals surface area (Å²) in [5.41, 5.74) is 2.24. The number of piperazine rings is 1. The van der Waals surface area contributed by atoms with Crippen LogP contribution in [0.5, 0.6) is 0 Å². The lowest BCUT2D eigenvalue weighted by Gasteiger charge is -2.37. The van der Waals surface area contributed by atoms with E-state index in [1.807, 2.05) is 42.2 Å². The summed E-state index contributed by atoms with van der Waals surface area (Å²) in [6.45, 7) is 4.25. The molecule has 0 N–H and O–H groups in total. The minimum Gasteiger partial charge on any atom is -0.367 e. The molecule has 0 unspecified atom stereocenters. The first-order valence-corrected chi connectivity index (χ1v) is 8.39. The fraction of sp³-hybridized carbons (Fsp3) is 0.278. The molecule has 0 saturated carbocycles. The lowest BCUT2D eigenvalue weighted by molar-refractivity contribution is -0.384. The number of amides is 1. The van der Waals surface area contributed by atoms with Gasteiger partial charge in [-0.3, -0.25) is 14.9 Å². The van der Waals surface area contributed by atoms with E-state index in [9.17, 15) is 14.9 Å². The molecule has 1 amide bonds. The van der Waals surface area contributed by atoms with Crippen molar-refractivity contribution in [3.05, 3.63) is 68.7 Å². The third-order valence-corrected chi connectivity index (χ3v) is 4.64. The van der Waals surface area contributed by atoms with E-state index >= 15 is 0 Å². The molecule has 130 valence electrons. The number of rotatable bonds is 3. The second kappa shape index (κ2) is 7.11. The van der Waals surface area contributed by atoms with Crippen LogP contribution in [-0.2, 0) is 0 Å². The van der Waals surface area contributed by atoms with E-state index < -0.39 is 4.92 Å². The van der Waals surface area contributed by atoms with Crippen molar-refractivity contribution < 1.29 is 9.72 Å². The highest BCUT2D eigenvalue weighted by atomic mass is 35.5. The van der Waals surface area contributed by atoms with Gasteiger partial charge >= 0.3 is 0 Å². The van der Waals surface area contributed by atoms with Crippen molar-refractivity contribution >= 4 is 28.9 Å². The second-order valence-corrected chi connectivity index (χ2v) is 6.40. The molecule has 1 aliphatic heterocycles. The molecule has 0 bridgehead atoms. The summed E-state index contributed by atoms with van der Waals surface area (Å²) >= 11 is 6.28. The van der Waals surface area contributed by atoms with Crippen molar-refractivity contribution in [3.8, 4) is 0 Å². The zero-order valence-corrected chi connectivity index (χ0v) is 14.6. The highest BCUT2D eigenvalue weighted by Gasteiger charge is 2.25. The summed E-state index contributed by atoms with van der Waals surface area (Å²) in [5, 5.41) is 11.3. The van der Waals surface area contributed by atoms with Gasteiger partial charge in [-0.05, 0) is 24.6 Å². The molecule has 7 heteroatoms. The minimum atomic E-state index is -0.445. The summed E-state index contributed by atoms with van der Waals surface area (Å²) in [7, 11) is 0. The fourth-order valence-electron chi connectivity index (χ4n) is 3.12. The van der Waals surface area contributed by atoms with Gasteiger partial charge in [-0.25, -0.2) is 0 Å². The van der Waals surface area contributed by atoms with E-state index in [1.165, 1.54) is 12.1 Å². The first-order chi connectivity index (χ1) is 12.0. The van der Waals surface area contributed by atoms with Crippen molar-refractivity contribution in [2.75, 3.05) is 31.1 Å². The number of nitro benzene ring substituents is 1. The molecule has 0 atom stereocenters. The number of hydrogen-bond donors (Lipinski definition) is 0. The quantitative estimate of drug-likeness (QED) is 0.621. The fourth-order valence-corrected chi connectivity index (χ4v) is 3.50. The Morgan fingerprint density at radius 2 is 1.76 bits per heavy atom. The molecule has 6 nitrogen and oxygen atoms in total. The molecule has 3 rings (SSSR count). The number of non-ortho nitro benzene ring substituents is 1. The highest BCUT2D eigenvalue weighted by Crippen LogP contribution is 2.34. The maximum absolute atomic E-state index is 12.5. The van der Waals surface area contributed by atoms with Crippen LogP contribution in [-0.4, -0.2) is 41.9 Å². The molecule has 2 aromatic rings. The van der Waals surface area contributed by atoms with E-state index in [-0.39, 0.29) is 11.6 Å². The third kappa shape index (κ3) is 3.58. The first kappa shape index (κ1) is 17.2. The van der Waals surface area contributed by atoms with Crippen molar-refractivity contribution in [1.29, 1.82) is 0 Å². The number of carbonyl (C=O) groups is 1. The Kier molecular flexibility index (Phi) is 4.90. The molecule has 1 aliphatic rings. The Hall–Kier alpha value is -2.60. The molecule has 0 aromatic heterocycles. The lowest BCUT2D eigenvalue weighted by atomic mass is 10.1. The molecule has 1 heterocycles. The van der Waals surface area contributed by atoms with Crippen LogP contribution in [0.25, 0.3) is 0 Å². The van der Waals surface area contributed by atoms with Crippen LogP contribution in [0.2, 0.25) is 5.02 Å². The maximum Gasteiger partial charge on any atom is 0.271 e. The Morgan fingerprint density at radius 3 is 2.32 bits per heavy atom. The zero-order chi connectivity index (χ0) is 18.0. The summed E-state index contributed by atoms with van der Waals surface area (Å²) in [4.78, 5) is 26.9. The molecule has 2 aromatic carbocycles. The van der Waals surface area contributed by atoms with Gasteiger partial charge in [0.1, 0.15) is 0 Å². The number of halogens is 1. The Morgan fingerprint density at radius 1 is 1.12 bits per heavy atom. The summed E-state index contributed by atoms with van der Waals surface area (Å²) in [5.74, 6) is 0.0202. The normalized spacial score (nSPS) is 14.5. The van der Waals surface area contributed by atoms with Gasteiger partial charge in [0.15, 0.2) is 0 Å². The molecule has 25 heavy (non-hydrogen) atoms. The monoisotopic (exact) mass is 359 g/mol. The molecular formula is C18H18ClN3O3. The van der Waals surface area contributed by atoms with Crippen LogP contribution in [0.4, 0.5) is 11.4 Å². The largest absolute Gasteiger partial charge is 0.367 e. The molecule has 1 saturated heterocycles. The van der Waals surface area contributed by atoms with Gasteiger partial charge in [0.2, 0.25) is 0 Å². The van der Waals surface area contributed by atoms with E-state index in [0.717, 1.165) is 11.3 Å². The first-order valence-electron chi connectivity index (χ1n) is 8.01. The maximum atomic E-state index is 12.5. The highest BCUT2D eigenvalue weighted by molar-refractivity contribution is 6.33. The van der Waals surface area contributed by atoms with E-state index in [4.69, 9.17) is 11.6 Å². The van der Waals surface area contributed by atoms with Gasteiger partial charge in [-0.1, -0.05) is 29.8 Å². The van der Waals surface area contributed by atoms with Crippen LogP contribution in [0.1, 0.15) is 15.9 Å². The second-order valence-electron chi connectivity index (χ2n) is 6.00. The standard InChI is InChI=1S/C18H18ClN3O3/c1-13-11-15(22(24)25)12-16(19)17(13)20-7-9-21(10-8-20)18(23)14-5-3-2-4-6-14/h2-6,11-12H,7-10H2,1H3. The number of nitrogens with zero attached hydrogens (tertiary/aromatic N) is 3. The summed E-state index contributed by atoms with van der Waals surface area (Å²) < 4.78 is 0. The SMILES string of the molecule is Cc1cc([N+](=O)[O-])cc(Cl)c1N1CCN(C(=O)c2ccccc2)CC1. The summed E-state index contributed by atoms with van der Waals surface area (Å²) in [6, 6.07) is 12.1. The Labute approximate surface area is 150 Å². The van der Waals surface area contributed by atoms with E-state index in [1.54, 1.807) is 0 Å².